The van der Waals surface area contributed by atoms with E-state index in [0.717, 1.165) is 23.4 Å². The van der Waals surface area contributed by atoms with E-state index in [9.17, 15) is 4.79 Å². The summed E-state index contributed by atoms with van der Waals surface area (Å²) in [6.45, 7) is 6.03. The molecule has 0 radical (unpaired) electrons. The Morgan fingerprint density at radius 3 is 2.60 bits per heavy atom. The van der Waals surface area contributed by atoms with Gasteiger partial charge in [-0.25, -0.2) is 4.98 Å². The largest absolute Gasteiger partial charge is 0.322 e. The van der Waals surface area contributed by atoms with Crippen molar-refractivity contribution in [1.29, 1.82) is 0 Å². The highest BCUT2D eigenvalue weighted by Crippen LogP contribution is 2.17. The number of carbonyl (C=O) groups excluding carboxylic acids is 1. The van der Waals surface area contributed by atoms with E-state index in [4.69, 9.17) is 11.6 Å². The zero-order valence-corrected chi connectivity index (χ0v) is 12.6. The first kappa shape index (κ1) is 14.5. The number of halogens is 1. The third-order valence-electron chi connectivity index (χ3n) is 3.24. The Morgan fingerprint density at radius 2 is 1.95 bits per heavy atom. The summed E-state index contributed by atoms with van der Waals surface area (Å²) in [5.74, 6) is -0.174. The number of amides is 1. The van der Waals surface area contributed by atoms with E-state index in [-0.39, 0.29) is 5.91 Å². The Bertz CT molecular complexity index is 653. The monoisotopic (exact) mass is 288 g/mol. The van der Waals surface area contributed by atoms with Gasteiger partial charge in [0.05, 0.1) is 0 Å². The van der Waals surface area contributed by atoms with Crippen LogP contribution in [0.1, 0.15) is 34.1 Å². The maximum atomic E-state index is 12.2. The lowest BCUT2D eigenvalue weighted by molar-refractivity contribution is 0.102. The van der Waals surface area contributed by atoms with Crippen LogP contribution >= 0.6 is 11.6 Å². The number of rotatable bonds is 3. The highest BCUT2D eigenvalue weighted by Gasteiger charge is 2.09. The van der Waals surface area contributed by atoms with Crippen LogP contribution in [0.3, 0.4) is 0 Å². The van der Waals surface area contributed by atoms with Crippen molar-refractivity contribution in [3.8, 4) is 0 Å². The predicted molar refractivity (Wildman–Crippen MR) is 82.5 cm³/mol. The number of anilines is 1. The molecule has 1 heterocycles. The highest BCUT2D eigenvalue weighted by molar-refractivity contribution is 6.29. The second kappa shape index (κ2) is 6.06. The molecule has 0 atom stereocenters. The van der Waals surface area contributed by atoms with Crippen LogP contribution in [-0.2, 0) is 6.42 Å². The molecule has 1 aromatic carbocycles. The fraction of sp³-hybridized carbons (Fsp3) is 0.250. The van der Waals surface area contributed by atoms with Crippen LogP contribution < -0.4 is 5.32 Å². The minimum absolute atomic E-state index is 0.174. The van der Waals surface area contributed by atoms with Crippen LogP contribution in [0.4, 0.5) is 5.69 Å². The second-order valence-corrected chi connectivity index (χ2v) is 5.16. The van der Waals surface area contributed by atoms with Crippen LogP contribution in [-0.4, -0.2) is 10.9 Å². The normalized spacial score (nSPS) is 10.4. The van der Waals surface area contributed by atoms with Crippen molar-refractivity contribution in [3.63, 3.8) is 0 Å². The fourth-order valence-corrected chi connectivity index (χ4v) is 2.11. The van der Waals surface area contributed by atoms with Crippen molar-refractivity contribution in [3.05, 3.63) is 57.9 Å². The predicted octanol–water partition coefficient (Wildman–Crippen LogP) is 4.17. The van der Waals surface area contributed by atoms with Gasteiger partial charge in [-0.15, -0.1) is 0 Å². The van der Waals surface area contributed by atoms with Crippen molar-refractivity contribution >= 4 is 23.2 Å². The molecule has 0 saturated heterocycles. The zero-order valence-electron chi connectivity index (χ0n) is 11.8. The minimum atomic E-state index is -0.174. The molecule has 2 aromatic rings. The van der Waals surface area contributed by atoms with Gasteiger partial charge in [-0.3, -0.25) is 4.79 Å². The smallest absolute Gasteiger partial charge is 0.255 e. The quantitative estimate of drug-likeness (QED) is 0.862. The van der Waals surface area contributed by atoms with Gasteiger partial charge in [-0.05, 0) is 55.7 Å². The van der Waals surface area contributed by atoms with Crippen LogP contribution in [0.15, 0.2) is 30.3 Å². The van der Waals surface area contributed by atoms with Crippen molar-refractivity contribution in [2.75, 3.05) is 5.32 Å². The third-order valence-corrected chi connectivity index (χ3v) is 3.43. The van der Waals surface area contributed by atoms with Crippen LogP contribution in [0, 0.1) is 13.8 Å². The molecule has 2 rings (SSSR count). The zero-order chi connectivity index (χ0) is 14.7. The lowest BCUT2D eigenvalue weighted by atomic mass is 10.1. The molecule has 1 N–H and O–H groups in total. The summed E-state index contributed by atoms with van der Waals surface area (Å²) in [5, 5.41) is 3.22. The summed E-state index contributed by atoms with van der Waals surface area (Å²) in [6, 6.07) is 9.18. The van der Waals surface area contributed by atoms with Gasteiger partial charge in [0.2, 0.25) is 0 Å². The number of hydrogen-bond acceptors (Lipinski definition) is 2. The number of carbonyl (C=O) groups is 1. The first-order chi connectivity index (χ1) is 9.49. The average molecular weight is 289 g/mol. The SMILES string of the molecule is CCc1cc(C(=O)Nc2ccc(C)c(C)c2)cc(Cl)n1. The molecule has 1 amide bonds. The molecule has 104 valence electrons. The molecular weight excluding hydrogens is 272 g/mol. The molecule has 0 aliphatic carbocycles. The van der Waals surface area contributed by atoms with Crippen LogP contribution in [0.25, 0.3) is 0 Å². The van der Waals surface area contributed by atoms with Gasteiger partial charge in [-0.1, -0.05) is 24.6 Å². The van der Waals surface area contributed by atoms with E-state index < -0.39 is 0 Å². The number of nitrogens with zero attached hydrogens (tertiary/aromatic N) is 1. The molecule has 1 aromatic heterocycles. The molecule has 0 fully saturated rings. The number of aromatic nitrogens is 1. The van der Waals surface area contributed by atoms with Crippen molar-refractivity contribution < 1.29 is 4.79 Å². The number of hydrogen-bond donors (Lipinski definition) is 1. The maximum Gasteiger partial charge on any atom is 0.255 e. The number of aryl methyl sites for hydroxylation is 3. The van der Waals surface area contributed by atoms with Crippen molar-refractivity contribution in [2.45, 2.75) is 27.2 Å². The van der Waals surface area contributed by atoms with Gasteiger partial charge < -0.3 is 5.32 Å². The topological polar surface area (TPSA) is 42.0 Å². The number of nitrogens with one attached hydrogen (secondary N) is 1. The Hall–Kier alpha value is -1.87. The Kier molecular flexibility index (Phi) is 4.40. The Morgan fingerprint density at radius 1 is 1.20 bits per heavy atom. The van der Waals surface area contributed by atoms with E-state index >= 15 is 0 Å². The fourth-order valence-electron chi connectivity index (χ4n) is 1.89. The summed E-state index contributed by atoms with van der Waals surface area (Å²) in [6.07, 6.45) is 0.741. The summed E-state index contributed by atoms with van der Waals surface area (Å²) in [5.41, 5.74) is 4.46. The molecule has 0 aliphatic heterocycles. The van der Waals surface area contributed by atoms with Gasteiger partial charge in [0.15, 0.2) is 0 Å². The third kappa shape index (κ3) is 3.36. The van der Waals surface area contributed by atoms with Crippen LogP contribution in [0.2, 0.25) is 5.15 Å². The molecule has 0 unspecified atom stereocenters. The van der Waals surface area contributed by atoms with Crippen LogP contribution in [0.5, 0.6) is 0 Å². The number of pyridine rings is 1. The van der Waals surface area contributed by atoms with Gasteiger partial charge >= 0.3 is 0 Å². The summed E-state index contributed by atoms with van der Waals surface area (Å²) < 4.78 is 0. The van der Waals surface area contributed by atoms with E-state index in [1.807, 2.05) is 39.0 Å². The van der Waals surface area contributed by atoms with E-state index in [0.29, 0.717) is 10.7 Å². The maximum absolute atomic E-state index is 12.2. The molecule has 0 bridgehead atoms. The first-order valence-corrected chi connectivity index (χ1v) is 6.92. The first-order valence-electron chi connectivity index (χ1n) is 6.54. The Balaban J connectivity index is 2.23. The molecular formula is C16H17ClN2O. The lowest BCUT2D eigenvalue weighted by Gasteiger charge is -2.09. The van der Waals surface area contributed by atoms with Gasteiger partial charge in [-0.2, -0.15) is 0 Å². The highest BCUT2D eigenvalue weighted by atomic mass is 35.5. The molecule has 4 heteroatoms. The van der Waals surface area contributed by atoms with Crippen molar-refractivity contribution in [1.82, 2.24) is 4.98 Å². The van der Waals surface area contributed by atoms with Gasteiger partial charge in [0, 0.05) is 16.9 Å². The summed E-state index contributed by atoms with van der Waals surface area (Å²) in [7, 11) is 0. The van der Waals surface area contributed by atoms with Crippen molar-refractivity contribution in [2.24, 2.45) is 0 Å². The molecule has 20 heavy (non-hydrogen) atoms. The van der Waals surface area contributed by atoms with E-state index in [1.54, 1.807) is 12.1 Å². The lowest BCUT2D eigenvalue weighted by Crippen LogP contribution is -2.13. The summed E-state index contributed by atoms with van der Waals surface area (Å²) in [4.78, 5) is 16.4. The molecule has 3 nitrogen and oxygen atoms in total. The second-order valence-electron chi connectivity index (χ2n) is 4.78. The minimum Gasteiger partial charge on any atom is -0.322 e. The van der Waals surface area contributed by atoms with E-state index in [2.05, 4.69) is 10.3 Å². The number of benzene rings is 1. The standard InChI is InChI=1S/C16H17ClN2O/c1-4-13-8-12(9-15(17)18-13)16(20)19-14-6-5-10(2)11(3)7-14/h5-9H,4H2,1-3H3,(H,19,20). The molecule has 0 saturated carbocycles. The van der Waals surface area contributed by atoms with Gasteiger partial charge in [0.1, 0.15) is 5.15 Å². The average Bonchev–Trinajstić information content (AvgIpc) is 2.42. The Labute approximate surface area is 124 Å². The van der Waals surface area contributed by atoms with Gasteiger partial charge in [0.25, 0.3) is 5.91 Å². The summed E-state index contributed by atoms with van der Waals surface area (Å²) >= 11 is 5.93. The molecule has 0 spiro atoms. The molecule has 0 aliphatic rings. The van der Waals surface area contributed by atoms with E-state index in [1.165, 1.54) is 5.56 Å².